The summed E-state index contributed by atoms with van der Waals surface area (Å²) in [6.07, 6.45) is 4.44. The molecule has 164 valence electrons. The zero-order chi connectivity index (χ0) is 20.3. The first-order chi connectivity index (χ1) is 14.8. The van der Waals surface area contributed by atoms with Crippen molar-refractivity contribution in [1.29, 1.82) is 0 Å². The van der Waals surface area contributed by atoms with Gasteiger partial charge in [0.05, 0.1) is 18.7 Å². The van der Waals surface area contributed by atoms with E-state index in [0.717, 1.165) is 67.7 Å². The fourth-order valence-corrected chi connectivity index (χ4v) is 4.28. The molecule has 6 nitrogen and oxygen atoms in total. The van der Waals surface area contributed by atoms with E-state index in [2.05, 4.69) is 58.1 Å². The van der Waals surface area contributed by atoms with Crippen molar-refractivity contribution in [3.05, 3.63) is 53.9 Å². The molecule has 0 amide bonds. The van der Waals surface area contributed by atoms with E-state index in [1.807, 2.05) is 6.20 Å². The van der Waals surface area contributed by atoms with E-state index in [-0.39, 0.29) is 12.4 Å². The number of aromatic nitrogens is 2. The smallest absolute Gasteiger partial charge is 0.128 e. The van der Waals surface area contributed by atoms with Crippen molar-refractivity contribution in [2.24, 2.45) is 0 Å². The van der Waals surface area contributed by atoms with Gasteiger partial charge in [0.15, 0.2) is 0 Å². The molecule has 2 fully saturated rings. The molecular weight excluding hydrogens is 412 g/mol. The van der Waals surface area contributed by atoms with Crippen LogP contribution in [0.1, 0.15) is 24.1 Å². The molecule has 5 rings (SSSR count). The molecule has 0 unspecified atom stereocenters. The molecule has 2 aromatic heterocycles. The van der Waals surface area contributed by atoms with Crippen LogP contribution in [0.15, 0.2) is 42.6 Å². The summed E-state index contributed by atoms with van der Waals surface area (Å²) in [6, 6.07) is 12.6. The van der Waals surface area contributed by atoms with Gasteiger partial charge in [-0.15, -0.1) is 12.4 Å². The summed E-state index contributed by atoms with van der Waals surface area (Å²) in [6.45, 7) is 8.13. The van der Waals surface area contributed by atoms with Crippen LogP contribution in [-0.4, -0.2) is 49.4 Å². The number of aryl methyl sites for hydroxylation is 1. The Kier molecular flexibility index (Phi) is 6.78. The Morgan fingerprint density at radius 3 is 2.52 bits per heavy atom. The molecule has 2 aliphatic heterocycles. The lowest BCUT2D eigenvalue weighted by Gasteiger charge is -2.27. The molecule has 0 spiro atoms. The first kappa shape index (κ1) is 21.7. The van der Waals surface area contributed by atoms with Crippen molar-refractivity contribution < 1.29 is 9.47 Å². The van der Waals surface area contributed by atoms with Gasteiger partial charge in [0, 0.05) is 60.8 Å². The lowest BCUT2D eigenvalue weighted by atomic mass is 10.1. The van der Waals surface area contributed by atoms with Crippen LogP contribution in [0.4, 0.5) is 11.5 Å². The summed E-state index contributed by atoms with van der Waals surface area (Å²) >= 11 is 0. The van der Waals surface area contributed by atoms with E-state index in [4.69, 9.17) is 14.5 Å². The van der Waals surface area contributed by atoms with Crippen LogP contribution in [0.2, 0.25) is 0 Å². The zero-order valence-electron chi connectivity index (χ0n) is 17.9. The largest absolute Gasteiger partial charge is 0.489 e. The Hall–Kier alpha value is -2.57. The topological polar surface area (TPSA) is 50.7 Å². The molecule has 7 heteroatoms. The first-order valence-electron chi connectivity index (χ1n) is 10.8. The van der Waals surface area contributed by atoms with E-state index >= 15 is 0 Å². The van der Waals surface area contributed by atoms with Gasteiger partial charge in [0.25, 0.3) is 0 Å². The SMILES string of the molecule is Cc1cc(N2CCCC2)c2ccc(OCc3ccc(N4CCOCC4)nc3)cc2n1.Cl. The van der Waals surface area contributed by atoms with Crippen molar-refractivity contribution in [3.8, 4) is 5.75 Å². The predicted octanol–water partition coefficient (Wildman–Crippen LogP) is 4.38. The Bertz CT molecular complexity index is 1020. The van der Waals surface area contributed by atoms with Crippen molar-refractivity contribution >= 4 is 34.8 Å². The van der Waals surface area contributed by atoms with Gasteiger partial charge in [-0.25, -0.2) is 4.98 Å². The quantitative estimate of drug-likeness (QED) is 0.587. The number of nitrogens with zero attached hydrogens (tertiary/aromatic N) is 4. The Morgan fingerprint density at radius 2 is 1.77 bits per heavy atom. The standard InChI is InChI=1S/C24H28N4O2.ClH/c1-18-14-23(27-8-2-3-9-27)21-6-5-20(15-22(21)26-18)30-17-19-4-7-24(25-16-19)28-10-12-29-13-11-28;/h4-7,14-16H,2-3,8-13,17H2,1H3;1H. The number of fused-ring (bicyclic) bond motifs is 1. The van der Waals surface area contributed by atoms with Crippen molar-refractivity contribution in [2.75, 3.05) is 49.2 Å². The fraction of sp³-hybridized carbons (Fsp3) is 0.417. The van der Waals surface area contributed by atoms with Crippen LogP contribution in [0.5, 0.6) is 5.75 Å². The minimum Gasteiger partial charge on any atom is -0.489 e. The summed E-state index contributed by atoms with van der Waals surface area (Å²) in [5.41, 5.74) is 4.39. The van der Waals surface area contributed by atoms with Crippen molar-refractivity contribution in [2.45, 2.75) is 26.4 Å². The van der Waals surface area contributed by atoms with Gasteiger partial charge in [-0.3, -0.25) is 4.98 Å². The van der Waals surface area contributed by atoms with Gasteiger partial charge in [-0.05, 0) is 44.0 Å². The first-order valence-corrected chi connectivity index (χ1v) is 10.8. The highest BCUT2D eigenvalue weighted by molar-refractivity contribution is 5.93. The molecule has 0 saturated carbocycles. The van der Waals surface area contributed by atoms with Gasteiger partial charge >= 0.3 is 0 Å². The third kappa shape index (κ3) is 4.86. The second kappa shape index (κ2) is 9.71. The lowest BCUT2D eigenvalue weighted by Crippen LogP contribution is -2.36. The van der Waals surface area contributed by atoms with Crippen LogP contribution < -0.4 is 14.5 Å². The van der Waals surface area contributed by atoms with Gasteiger partial charge in [0.1, 0.15) is 18.2 Å². The Labute approximate surface area is 189 Å². The maximum absolute atomic E-state index is 6.06. The van der Waals surface area contributed by atoms with Crippen LogP contribution in [-0.2, 0) is 11.3 Å². The molecule has 0 atom stereocenters. The summed E-state index contributed by atoms with van der Waals surface area (Å²) in [5.74, 6) is 1.84. The normalized spacial score (nSPS) is 16.4. The van der Waals surface area contributed by atoms with E-state index < -0.39 is 0 Å². The second-order valence-electron chi connectivity index (χ2n) is 8.07. The maximum Gasteiger partial charge on any atom is 0.128 e. The number of hydrogen-bond donors (Lipinski definition) is 0. The highest BCUT2D eigenvalue weighted by atomic mass is 35.5. The third-order valence-corrected chi connectivity index (χ3v) is 5.88. The lowest BCUT2D eigenvalue weighted by molar-refractivity contribution is 0.122. The van der Waals surface area contributed by atoms with E-state index in [1.54, 1.807) is 0 Å². The monoisotopic (exact) mass is 440 g/mol. The van der Waals surface area contributed by atoms with Crippen LogP contribution in [0.25, 0.3) is 10.9 Å². The number of hydrogen-bond acceptors (Lipinski definition) is 6. The highest BCUT2D eigenvalue weighted by Crippen LogP contribution is 2.31. The van der Waals surface area contributed by atoms with Gasteiger partial charge in [-0.2, -0.15) is 0 Å². The van der Waals surface area contributed by atoms with Gasteiger partial charge < -0.3 is 19.3 Å². The molecule has 31 heavy (non-hydrogen) atoms. The van der Waals surface area contributed by atoms with Crippen molar-refractivity contribution in [3.63, 3.8) is 0 Å². The molecular formula is C24H29ClN4O2. The number of rotatable bonds is 5. The average Bonchev–Trinajstić information content (AvgIpc) is 3.33. The van der Waals surface area contributed by atoms with E-state index in [0.29, 0.717) is 6.61 Å². The third-order valence-electron chi connectivity index (χ3n) is 5.88. The highest BCUT2D eigenvalue weighted by Gasteiger charge is 2.16. The number of ether oxygens (including phenoxy) is 2. The minimum absolute atomic E-state index is 0. The number of pyridine rings is 2. The zero-order valence-corrected chi connectivity index (χ0v) is 18.7. The Morgan fingerprint density at radius 1 is 0.968 bits per heavy atom. The van der Waals surface area contributed by atoms with Crippen LogP contribution >= 0.6 is 12.4 Å². The molecule has 0 N–H and O–H groups in total. The number of morpholine rings is 1. The van der Waals surface area contributed by atoms with Crippen LogP contribution in [0.3, 0.4) is 0 Å². The Balaban J connectivity index is 0.00000231. The molecule has 0 aliphatic carbocycles. The molecule has 2 saturated heterocycles. The summed E-state index contributed by atoms with van der Waals surface area (Å²) in [5, 5.41) is 1.20. The molecule has 4 heterocycles. The van der Waals surface area contributed by atoms with Gasteiger partial charge in [-0.1, -0.05) is 6.07 Å². The predicted molar refractivity (Wildman–Crippen MR) is 127 cm³/mol. The molecule has 0 radical (unpaired) electrons. The van der Waals surface area contributed by atoms with Gasteiger partial charge in [0.2, 0.25) is 0 Å². The average molecular weight is 441 g/mol. The van der Waals surface area contributed by atoms with E-state index in [9.17, 15) is 0 Å². The minimum atomic E-state index is 0. The van der Waals surface area contributed by atoms with E-state index in [1.165, 1.54) is 23.9 Å². The molecule has 3 aromatic rings. The molecule has 1 aromatic carbocycles. The number of benzene rings is 1. The molecule has 0 bridgehead atoms. The maximum atomic E-state index is 6.06. The second-order valence-corrected chi connectivity index (χ2v) is 8.07. The summed E-state index contributed by atoms with van der Waals surface area (Å²) < 4.78 is 11.5. The number of anilines is 2. The summed E-state index contributed by atoms with van der Waals surface area (Å²) in [4.78, 5) is 14.1. The molecule has 2 aliphatic rings. The number of halogens is 1. The summed E-state index contributed by atoms with van der Waals surface area (Å²) in [7, 11) is 0. The fourth-order valence-electron chi connectivity index (χ4n) is 4.28. The van der Waals surface area contributed by atoms with Crippen LogP contribution in [0, 0.1) is 6.92 Å². The van der Waals surface area contributed by atoms with Crippen molar-refractivity contribution in [1.82, 2.24) is 9.97 Å².